The number of hydrogen-bond acceptors (Lipinski definition) is 2. The van der Waals surface area contributed by atoms with Gasteiger partial charge in [-0.3, -0.25) is 4.79 Å². The van der Waals surface area contributed by atoms with Crippen molar-refractivity contribution in [2.75, 3.05) is 10.6 Å². The van der Waals surface area contributed by atoms with Crippen LogP contribution in [0.3, 0.4) is 0 Å². The third kappa shape index (κ3) is 3.99. The van der Waals surface area contributed by atoms with Crippen molar-refractivity contribution in [2.45, 2.75) is 13.5 Å². The van der Waals surface area contributed by atoms with Crippen LogP contribution in [0.4, 0.5) is 11.4 Å². The van der Waals surface area contributed by atoms with E-state index in [1.807, 2.05) is 42.5 Å². The van der Waals surface area contributed by atoms with E-state index >= 15 is 0 Å². The molecule has 0 bridgehead atoms. The molecule has 0 heterocycles. The Balaban J connectivity index is 2.10. The summed E-state index contributed by atoms with van der Waals surface area (Å²) in [4.78, 5) is 11.2. The molecule has 0 saturated carbocycles. The van der Waals surface area contributed by atoms with Gasteiger partial charge in [-0.15, -0.1) is 0 Å². The number of hydrogen-bond donors (Lipinski definition) is 2. The molecule has 0 unspecified atom stereocenters. The van der Waals surface area contributed by atoms with E-state index in [9.17, 15) is 4.79 Å². The maximum absolute atomic E-state index is 11.2. The summed E-state index contributed by atoms with van der Waals surface area (Å²) in [5.74, 6) is -0.0771. The molecule has 0 fully saturated rings. The van der Waals surface area contributed by atoms with Gasteiger partial charge in [-0.2, -0.15) is 0 Å². The second kappa shape index (κ2) is 6.77. The fourth-order valence-electron chi connectivity index (χ4n) is 1.79. The number of carbonyl (C=O) groups excluding carboxylic acids is 1. The van der Waals surface area contributed by atoms with E-state index in [1.165, 1.54) is 6.92 Å². The van der Waals surface area contributed by atoms with Crippen LogP contribution >= 0.6 is 27.5 Å². The Morgan fingerprint density at radius 1 is 1.25 bits per heavy atom. The second-order valence-corrected chi connectivity index (χ2v) is 5.58. The summed E-state index contributed by atoms with van der Waals surface area (Å²) in [6.45, 7) is 2.12. The Hall–Kier alpha value is -1.52. The largest absolute Gasteiger partial charge is 0.381 e. The van der Waals surface area contributed by atoms with Gasteiger partial charge in [-0.05, 0) is 45.8 Å². The first-order valence-electron chi connectivity index (χ1n) is 6.10. The highest BCUT2D eigenvalue weighted by Crippen LogP contribution is 2.26. The molecule has 0 aromatic heterocycles. The van der Waals surface area contributed by atoms with E-state index < -0.39 is 0 Å². The van der Waals surface area contributed by atoms with Crippen molar-refractivity contribution in [3.63, 3.8) is 0 Å². The lowest BCUT2D eigenvalue weighted by Crippen LogP contribution is -2.10. The zero-order valence-electron chi connectivity index (χ0n) is 10.9. The SMILES string of the molecule is CC(=O)Nc1ccccc1CNc1ccc(Cl)c(Br)c1. The van der Waals surface area contributed by atoms with Gasteiger partial charge >= 0.3 is 0 Å². The van der Waals surface area contributed by atoms with Gasteiger partial charge < -0.3 is 10.6 Å². The normalized spacial score (nSPS) is 10.2. The molecule has 0 saturated heterocycles. The van der Waals surface area contributed by atoms with Crippen molar-refractivity contribution in [3.8, 4) is 0 Å². The molecule has 0 spiro atoms. The Morgan fingerprint density at radius 2 is 2.00 bits per heavy atom. The lowest BCUT2D eigenvalue weighted by molar-refractivity contribution is -0.114. The fourth-order valence-corrected chi connectivity index (χ4v) is 2.29. The van der Waals surface area contributed by atoms with Crippen molar-refractivity contribution in [1.29, 1.82) is 0 Å². The van der Waals surface area contributed by atoms with E-state index in [-0.39, 0.29) is 5.91 Å². The maximum Gasteiger partial charge on any atom is 0.221 e. The fraction of sp³-hybridized carbons (Fsp3) is 0.133. The molecular formula is C15H14BrClN2O. The van der Waals surface area contributed by atoms with Crippen LogP contribution in [-0.2, 0) is 11.3 Å². The molecule has 1 amide bonds. The standard InChI is InChI=1S/C15H14BrClN2O/c1-10(20)19-15-5-3-2-4-11(15)9-18-12-6-7-14(17)13(16)8-12/h2-8,18H,9H2,1H3,(H,19,20). The maximum atomic E-state index is 11.2. The smallest absolute Gasteiger partial charge is 0.221 e. The van der Waals surface area contributed by atoms with Crippen LogP contribution in [0.15, 0.2) is 46.9 Å². The number of carbonyl (C=O) groups is 1. The van der Waals surface area contributed by atoms with E-state index in [2.05, 4.69) is 26.6 Å². The Labute approximate surface area is 131 Å². The van der Waals surface area contributed by atoms with Gasteiger partial charge in [-0.25, -0.2) is 0 Å². The lowest BCUT2D eigenvalue weighted by Gasteiger charge is -2.12. The highest BCUT2D eigenvalue weighted by atomic mass is 79.9. The van der Waals surface area contributed by atoms with Crippen LogP contribution in [0.5, 0.6) is 0 Å². The van der Waals surface area contributed by atoms with E-state index in [0.29, 0.717) is 11.6 Å². The lowest BCUT2D eigenvalue weighted by atomic mass is 10.1. The van der Waals surface area contributed by atoms with Crippen LogP contribution in [0, 0.1) is 0 Å². The molecule has 2 aromatic rings. The summed E-state index contributed by atoms with van der Waals surface area (Å²) in [6.07, 6.45) is 0. The molecule has 0 atom stereocenters. The second-order valence-electron chi connectivity index (χ2n) is 4.32. The molecule has 104 valence electrons. The number of halogens is 2. The Morgan fingerprint density at radius 3 is 2.70 bits per heavy atom. The zero-order valence-corrected chi connectivity index (χ0v) is 13.3. The summed E-state index contributed by atoms with van der Waals surface area (Å²) in [7, 11) is 0. The molecule has 0 radical (unpaired) electrons. The van der Waals surface area contributed by atoms with Gasteiger partial charge in [0.1, 0.15) is 0 Å². The molecule has 2 rings (SSSR count). The zero-order chi connectivity index (χ0) is 14.5. The van der Waals surface area contributed by atoms with Crippen molar-refractivity contribution in [3.05, 3.63) is 57.5 Å². The molecule has 5 heteroatoms. The number of benzene rings is 2. The first kappa shape index (κ1) is 14.9. The van der Waals surface area contributed by atoms with Crippen molar-refractivity contribution in [2.24, 2.45) is 0 Å². The summed E-state index contributed by atoms with van der Waals surface area (Å²) in [6, 6.07) is 13.4. The molecule has 0 aliphatic rings. The van der Waals surface area contributed by atoms with Gasteiger partial charge in [0.05, 0.1) is 5.02 Å². The van der Waals surface area contributed by atoms with Crippen LogP contribution in [-0.4, -0.2) is 5.91 Å². The topological polar surface area (TPSA) is 41.1 Å². The molecule has 0 aliphatic carbocycles. The summed E-state index contributed by atoms with van der Waals surface area (Å²) in [5.41, 5.74) is 2.80. The van der Waals surface area contributed by atoms with Crippen molar-refractivity contribution in [1.82, 2.24) is 0 Å². The quantitative estimate of drug-likeness (QED) is 0.838. The van der Waals surface area contributed by atoms with Crippen molar-refractivity contribution >= 4 is 44.8 Å². The number of nitrogens with one attached hydrogen (secondary N) is 2. The number of amides is 1. The molecule has 2 N–H and O–H groups in total. The average Bonchev–Trinajstić information content (AvgIpc) is 2.41. The van der Waals surface area contributed by atoms with Crippen LogP contribution < -0.4 is 10.6 Å². The predicted octanol–water partition coefficient (Wildman–Crippen LogP) is 4.67. The number of anilines is 2. The van der Waals surface area contributed by atoms with E-state index in [4.69, 9.17) is 11.6 Å². The minimum Gasteiger partial charge on any atom is -0.381 e. The number of para-hydroxylation sites is 1. The Kier molecular flexibility index (Phi) is 5.04. The number of rotatable bonds is 4. The van der Waals surface area contributed by atoms with Gasteiger partial charge in [0, 0.05) is 29.3 Å². The Bertz CT molecular complexity index is 631. The molecule has 2 aromatic carbocycles. The summed E-state index contributed by atoms with van der Waals surface area (Å²) < 4.78 is 0.847. The third-order valence-electron chi connectivity index (χ3n) is 2.73. The highest BCUT2D eigenvalue weighted by Gasteiger charge is 2.04. The minimum atomic E-state index is -0.0771. The first-order valence-corrected chi connectivity index (χ1v) is 7.28. The van der Waals surface area contributed by atoms with Crippen LogP contribution in [0.2, 0.25) is 5.02 Å². The molecule has 0 aliphatic heterocycles. The van der Waals surface area contributed by atoms with Crippen LogP contribution in [0.25, 0.3) is 0 Å². The minimum absolute atomic E-state index is 0.0771. The van der Waals surface area contributed by atoms with Gasteiger partial charge in [0.2, 0.25) is 5.91 Å². The summed E-state index contributed by atoms with van der Waals surface area (Å²) in [5, 5.41) is 6.80. The first-order chi connectivity index (χ1) is 9.56. The average molecular weight is 354 g/mol. The molecular weight excluding hydrogens is 340 g/mol. The highest BCUT2D eigenvalue weighted by molar-refractivity contribution is 9.10. The van der Waals surface area contributed by atoms with Gasteiger partial charge in [0.15, 0.2) is 0 Å². The molecule has 3 nitrogen and oxygen atoms in total. The monoisotopic (exact) mass is 352 g/mol. The van der Waals surface area contributed by atoms with Gasteiger partial charge in [0.25, 0.3) is 0 Å². The van der Waals surface area contributed by atoms with Crippen molar-refractivity contribution < 1.29 is 4.79 Å². The van der Waals surface area contributed by atoms with Crippen LogP contribution in [0.1, 0.15) is 12.5 Å². The predicted molar refractivity (Wildman–Crippen MR) is 87.2 cm³/mol. The molecule has 20 heavy (non-hydrogen) atoms. The summed E-state index contributed by atoms with van der Waals surface area (Å²) >= 11 is 9.35. The van der Waals surface area contributed by atoms with E-state index in [0.717, 1.165) is 21.4 Å². The van der Waals surface area contributed by atoms with Gasteiger partial charge in [-0.1, -0.05) is 29.8 Å². The van der Waals surface area contributed by atoms with E-state index in [1.54, 1.807) is 0 Å². The third-order valence-corrected chi connectivity index (χ3v) is 3.94.